The van der Waals surface area contributed by atoms with Gasteiger partial charge in [0.25, 0.3) is 0 Å². The quantitative estimate of drug-likeness (QED) is 0.707. The molecule has 2 heterocycles. The molecule has 6 nitrogen and oxygen atoms in total. The molecule has 0 bridgehead atoms. The molecule has 0 aromatic heterocycles. The number of likely N-dealkylation sites (tertiary alicyclic amines) is 1. The van der Waals surface area contributed by atoms with Crippen molar-refractivity contribution in [1.82, 2.24) is 14.7 Å². The fourth-order valence-electron chi connectivity index (χ4n) is 4.00. The maximum absolute atomic E-state index is 12.6. The summed E-state index contributed by atoms with van der Waals surface area (Å²) >= 11 is 0. The zero-order valence-corrected chi connectivity index (χ0v) is 18.8. The molecule has 0 aliphatic carbocycles. The standard InChI is InChI=1S/C21H32N4O2.2ClH/c1-2-23-11-13-25(14-12-23)21(27)16-18-7-9-24(10-8-18)20(26)15-17-3-5-19(22)6-4-17;;/h3-6,18H,2,7-16,22H2,1H3;2*1H. The minimum atomic E-state index is 0. The summed E-state index contributed by atoms with van der Waals surface area (Å²) in [5.74, 6) is 0.861. The summed E-state index contributed by atoms with van der Waals surface area (Å²) < 4.78 is 0. The van der Waals surface area contributed by atoms with Gasteiger partial charge in [-0.1, -0.05) is 19.1 Å². The topological polar surface area (TPSA) is 69.9 Å². The van der Waals surface area contributed by atoms with Crippen molar-refractivity contribution in [2.45, 2.75) is 32.6 Å². The van der Waals surface area contributed by atoms with Crippen LogP contribution in [-0.4, -0.2) is 72.3 Å². The molecule has 0 spiro atoms. The first kappa shape index (κ1) is 25.5. The fraction of sp³-hybridized carbons (Fsp3) is 0.619. The largest absolute Gasteiger partial charge is 0.399 e. The average molecular weight is 445 g/mol. The van der Waals surface area contributed by atoms with Gasteiger partial charge >= 0.3 is 0 Å². The van der Waals surface area contributed by atoms with E-state index in [-0.39, 0.29) is 36.6 Å². The summed E-state index contributed by atoms with van der Waals surface area (Å²) in [5.41, 5.74) is 7.41. The fourth-order valence-corrected chi connectivity index (χ4v) is 4.00. The minimum absolute atomic E-state index is 0. The van der Waals surface area contributed by atoms with Crippen LogP contribution in [0.5, 0.6) is 0 Å². The van der Waals surface area contributed by atoms with Crippen LogP contribution in [0.3, 0.4) is 0 Å². The number of carbonyl (C=O) groups is 2. The van der Waals surface area contributed by atoms with Gasteiger partial charge in [-0.05, 0) is 43.0 Å². The lowest BCUT2D eigenvalue weighted by Gasteiger charge is -2.36. The monoisotopic (exact) mass is 444 g/mol. The van der Waals surface area contributed by atoms with E-state index in [9.17, 15) is 9.59 Å². The van der Waals surface area contributed by atoms with Gasteiger partial charge in [-0.15, -0.1) is 24.8 Å². The molecule has 2 aliphatic rings. The molecule has 2 aliphatic heterocycles. The third-order valence-electron chi connectivity index (χ3n) is 5.94. The lowest BCUT2D eigenvalue weighted by molar-refractivity contribution is -0.135. The van der Waals surface area contributed by atoms with E-state index in [1.54, 1.807) is 0 Å². The summed E-state index contributed by atoms with van der Waals surface area (Å²) in [5, 5.41) is 0. The Morgan fingerprint density at radius 3 is 2.00 bits per heavy atom. The van der Waals surface area contributed by atoms with Gasteiger partial charge in [-0.2, -0.15) is 0 Å². The SMILES string of the molecule is CCN1CCN(C(=O)CC2CCN(C(=O)Cc3ccc(N)cc3)CC2)CC1.Cl.Cl. The number of halogens is 2. The molecule has 8 heteroatoms. The Labute approximate surface area is 186 Å². The third kappa shape index (κ3) is 7.36. The van der Waals surface area contributed by atoms with Crippen molar-refractivity contribution < 1.29 is 9.59 Å². The van der Waals surface area contributed by atoms with Gasteiger partial charge in [-0.3, -0.25) is 9.59 Å². The van der Waals surface area contributed by atoms with Gasteiger partial charge in [0.1, 0.15) is 0 Å². The van der Waals surface area contributed by atoms with E-state index in [1.807, 2.05) is 34.1 Å². The van der Waals surface area contributed by atoms with Crippen LogP contribution in [0.2, 0.25) is 0 Å². The summed E-state index contributed by atoms with van der Waals surface area (Å²) in [6.07, 6.45) is 2.90. The molecule has 3 rings (SSSR count). The van der Waals surface area contributed by atoms with Crippen LogP contribution in [0.4, 0.5) is 5.69 Å². The Kier molecular flexibility index (Phi) is 10.8. The van der Waals surface area contributed by atoms with Gasteiger partial charge in [0.2, 0.25) is 11.8 Å². The number of nitrogen functional groups attached to an aromatic ring is 1. The Morgan fingerprint density at radius 1 is 0.897 bits per heavy atom. The highest BCUT2D eigenvalue weighted by atomic mass is 35.5. The highest BCUT2D eigenvalue weighted by molar-refractivity contribution is 5.85. The van der Waals surface area contributed by atoms with Crippen molar-refractivity contribution in [3.8, 4) is 0 Å². The molecule has 1 aromatic rings. The van der Waals surface area contributed by atoms with Gasteiger partial charge in [0, 0.05) is 51.4 Å². The van der Waals surface area contributed by atoms with Gasteiger partial charge < -0.3 is 20.4 Å². The third-order valence-corrected chi connectivity index (χ3v) is 5.94. The second-order valence-corrected chi connectivity index (χ2v) is 7.76. The summed E-state index contributed by atoms with van der Waals surface area (Å²) in [7, 11) is 0. The second kappa shape index (κ2) is 12.3. The Morgan fingerprint density at radius 2 is 1.45 bits per heavy atom. The number of piperidine rings is 1. The smallest absolute Gasteiger partial charge is 0.226 e. The second-order valence-electron chi connectivity index (χ2n) is 7.76. The molecule has 0 radical (unpaired) electrons. The number of anilines is 1. The van der Waals surface area contributed by atoms with Crippen LogP contribution >= 0.6 is 24.8 Å². The average Bonchev–Trinajstić information content (AvgIpc) is 2.70. The van der Waals surface area contributed by atoms with E-state index >= 15 is 0 Å². The maximum atomic E-state index is 12.6. The maximum Gasteiger partial charge on any atom is 0.226 e. The van der Waals surface area contributed by atoms with Crippen molar-refractivity contribution in [3.05, 3.63) is 29.8 Å². The Hall–Kier alpha value is -1.50. The summed E-state index contributed by atoms with van der Waals surface area (Å²) in [4.78, 5) is 31.4. The molecule has 0 saturated carbocycles. The first-order valence-electron chi connectivity index (χ1n) is 10.2. The van der Waals surface area contributed by atoms with E-state index < -0.39 is 0 Å². The van der Waals surface area contributed by atoms with Gasteiger partial charge in [0.15, 0.2) is 0 Å². The van der Waals surface area contributed by atoms with Crippen LogP contribution in [0, 0.1) is 5.92 Å². The number of nitrogens with zero attached hydrogens (tertiary/aromatic N) is 3. The van der Waals surface area contributed by atoms with E-state index in [0.29, 0.717) is 24.4 Å². The summed E-state index contributed by atoms with van der Waals surface area (Å²) in [6, 6.07) is 7.50. The Bertz CT molecular complexity index is 641. The van der Waals surface area contributed by atoms with Crippen molar-refractivity contribution in [1.29, 1.82) is 0 Å². The number of nitrogens with two attached hydrogens (primary N) is 1. The van der Waals surface area contributed by atoms with E-state index in [1.165, 1.54) is 0 Å². The molecule has 0 unspecified atom stereocenters. The molecular weight excluding hydrogens is 411 g/mol. The molecule has 29 heavy (non-hydrogen) atoms. The van der Waals surface area contributed by atoms with E-state index in [2.05, 4.69) is 11.8 Å². The predicted octanol–water partition coefficient (Wildman–Crippen LogP) is 2.45. The highest BCUT2D eigenvalue weighted by Gasteiger charge is 2.27. The zero-order chi connectivity index (χ0) is 19.2. The first-order valence-corrected chi connectivity index (χ1v) is 10.2. The number of piperazine rings is 1. The minimum Gasteiger partial charge on any atom is -0.399 e. The molecule has 2 amide bonds. The number of carbonyl (C=O) groups excluding carboxylic acids is 2. The summed E-state index contributed by atoms with van der Waals surface area (Å²) in [6.45, 7) is 8.42. The molecule has 164 valence electrons. The molecule has 1 aromatic carbocycles. The van der Waals surface area contributed by atoms with Crippen molar-refractivity contribution >= 4 is 42.3 Å². The number of amides is 2. The zero-order valence-electron chi connectivity index (χ0n) is 17.2. The number of hydrogen-bond donors (Lipinski definition) is 1. The van der Waals surface area contributed by atoms with Crippen LogP contribution in [-0.2, 0) is 16.0 Å². The predicted molar refractivity (Wildman–Crippen MR) is 122 cm³/mol. The number of rotatable bonds is 5. The molecule has 2 saturated heterocycles. The van der Waals surface area contributed by atoms with Crippen LogP contribution in [0.25, 0.3) is 0 Å². The first-order chi connectivity index (χ1) is 13.0. The number of hydrogen-bond acceptors (Lipinski definition) is 4. The van der Waals surface area contributed by atoms with Crippen LogP contribution < -0.4 is 5.73 Å². The molecule has 2 fully saturated rings. The Balaban J connectivity index is 0.00000210. The van der Waals surface area contributed by atoms with Crippen molar-refractivity contribution in [2.75, 3.05) is 51.5 Å². The lowest BCUT2D eigenvalue weighted by Crippen LogP contribution is -2.49. The molecular formula is C21H34Cl2N4O2. The number of likely N-dealkylation sites (N-methyl/N-ethyl adjacent to an activating group) is 1. The van der Waals surface area contributed by atoms with Crippen molar-refractivity contribution in [2.24, 2.45) is 5.92 Å². The van der Waals surface area contributed by atoms with E-state index in [4.69, 9.17) is 5.73 Å². The van der Waals surface area contributed by atoms with Crippen LogP contribution in [0.1, 0.15) is 31.7 Å². The normalized spacial score (nSPS) is 18.0. The molecule has 0 atom stereocenters. The van der Waals surface area contributed by atoms with Gasteiger partial charge in [-0.25, -0.2) is 0 Å². The number of benzene rings is 1. The van der Waals surface area contributed by atoms with Crippen LogP contribution in [0.15, 0.2) is 24.3 Å². The van der Waals surface area contributed by atoms with Gasteiger partial charge in [0.05, 0.1) is 6.42 Å². The lowest BCUT2D eigenvalue weighted by atomic mass is 9.92. The highest BCUT2D eigenvalue weighted by Crippen LogP contribution is 2.22. The van der Waals surface area contributed by atoms with E-state index in [0.717, 1.165) is 64.2 Å². The van der Waals surface area contributed by atoms with Crippen molar-refractivity contribution in [3.63, 3.8) is 0 Å². The molecule has 2 N–H and O–H groups in total.